The van der Waals surface area contributed by atoms with Crippen molar-refractivity contribution in [3.63, 3.8) is 0 Å². The average molecular weight is 239 g/mol. The molecule has 0 amide bonds. The van der Waals surface area contributed by atoms with Gasteiger partial charge in [-0.2, -0.15) is 0 Å². The van der Waals surface area contributed by atoms with Gasteiger partial charge in [-0.3, -0.25) is 0 Å². The van der Waals surface area contributed by atoms with E-state index in [4.69, 9.17) is 11.5 Å². The van der Waals surface area contributed by atoms with Gasteiger partial charge in [0.2, 0.25) is 0 Å². The van der Waals surface area contributed by atoms with Crippen LogP contribution >= 0.6 is 0 Å². The Hall–Kier alpha value is 0.880. The number of hydrogen-bond acceptors (Lipinski definition) is 3. The van der Waals surface area contributed by atoms with Crippen molar-refractivity contribution in [2.24, 2.45) is 11.5 Å². The Morgan fingerprint density at radius 2 is 0.938 bits per heavy atom. The number of unbranched alkanes of at least 4 members (excludes halogenated alkanes) is 6. The van der Waals surface area contributed by atoms with Crippen molar-refractivity contribution >= 4 is 29.6 Å². The van der Waals surface area contributed by atoms with Gasteiger partial charge in [0, 0.05) is 0 Å². The van der Waals surface area contributed by atoms with Gasteiger partial charge in [0.05, 0.1) is 0 Å². The summed E-state index contributed by atoms with van der Waals surface area (Å²) in [5.74, 6) is 0. The maximum absolute atomic E-state index is 5.42. The molecular formula is C12H30N3Na. The minimum atomic E-state index is 0. The van der Waals surface area contributed by atoms with Crippen LogP contribution in [0.1, 0.15) is 51.4 Å². The molecule has 0 saturated heterocycles. The Labute approximate surface area is 123 Å². The number of nitrogens with two attached hydrogens (primary N) is 2. The quantitative estimate of drug-likeness (QED) is 0.351. The van der Waals surface area contributed by atoms with Gasteiger partial charge >= 0.3 is 29.6 Å². The molecule has 5 N–H and O–H groups in total. The van der Waals surface area contributed by atoms with Crippen LogP contribution in [0.15, 0.2) is 0 Å². The van der Waals surface area contributed by atoms with E-state index in [0.717, 1.165) is 13.1 Å². The third-order valence-corrected chi connectivity index (χ3v) is 2.62. The molecule has 0 radical (unpaired) electrons. The van der Waals surface area contributed by atoms with Crippen LogP contribution in [0.2, 0.25) is 0 Å². The first-order valence-electron chi connectivity index (χ1n) is 6.52. The van der Waals surface area contributed by atoms with E-state index in [0.29, 0.717) is 0 Å². The Kier molecular flexibility index (Phi) is 21.9. The molecule has 0 aromatic heterocycles. The monoisotopic (exact) mass is 239 g/mol. The molecular weight excluding hydrogens is 209 g/mol. The van der Waals surface area contributed by atoms with Gasteiger partial charge in [-0.25, -0.2) is 0 Å². The van der Waals surface area contributed by atoms with Crippen LogP contribution in [-0.2, 0) is 0 Å². The van der Waals surface area contributed by atoms with Crippen molar-refractivity contribution in [3.8, 4) is 0 Å². The standard InChI is InChI=1S/C12H29N3.Na.H/c13-9-5-1-3-7-11-15-12-8-4-2-6-10-14;;/h15H,1-14H2;;. The summed E-state index contributed by atoms with van der Waals surface area (Å²) in [4.78, 5) is 0. The van der Waals surface area contributed by atoms with E-state index in [-0.39, 0.29) is 29.6 Å². The van der Waals surface area contributed by atoms with E-state index in [1.54, 1.807) is 0 Å². The summed E-state index contributed by atoms with van der Waals surface area (Å²) in [5.41, 5.74) is 10.8. The molecule has 0 bridgehead atoms. The first kappa shape index (κ1) is 19.2. The summed E-state index contributed by atoms with van der Waals surface area (Å²) in [6, 6.07) is 0. The maximum atomic E-state index is 5.42. The van der Waals surface area contributed by atoms with Crippen LogP contribution in [-0.4, -0.2) is 55.7 Å². The van der Waals surface area contributed by atoms with Gasteiger partial charge in [-0.15, -0.1) is 0 Å². The van der Waals surface area contributed by atoms with Gasteiger partial charge in [-0.05, 0) is 51.9 Å². The summed E-state index contributed by atoms with van der Waals surface area (Å²) in [6.07, 6.45) is 10.2. The van der Waals surface area contributed by atoms with Crippen molar-refractivity contribution in [1.82, 2.24) is 5.32 Å². The molecule has 0 spiro atoms. The van der Waals surface area contributed by atoms with Gasteiger partial charge in [-0.1, -0.05) is 25.7 Å². The van der Waals surface area contributed by atoms with Crippen molar-refractivity contribution in [2.45, 2.75) is 51.4 Å². The van der Waals surface area contributed by atoms with Crippen LogP contribution in [0.3, 0.4) is 0 Å². The fraction of sp³-hybridized carbons (Fsp3) is 1.00. The molecule has 3 nitrogen and oxygen atoms in total. The minimum absolute atomic E-state index is 0. The fourth-order valence-corrected chi connectivity index (χ4v) is 1.62. The second-order valence-corrected chi connectivity index (χ2v) is 4.16. The molecule has 4 heteroatoms. The predicted molar refractivity (Wildman–Crippen MR) is 75.1 cm³/mol. The van der Waals surface area contributed by atoms with Crippen LogP contribution in [0.4, 0.5) is 0 Å². The van der Waals surface area contributed by atoms with E-state index < -0.39 is 0 Å². The molecule has 0 aromatic carbocycles. The Bertz CT molecular complexity index is 100. The second kappa shape index (κ2) is 18.3. The summed E-state index contributed by atoms with van der Waals surface area (Å²) < 4.78 is 0. The molecule has 0 heterocycles. The number of rotatable bonds is 12. The first-order valence-corrected chi connectivity index (χ1v) is 6.52. The normalized spacial score (nSPS) is 10.1. The molecule has 0 unspecified atom stereocenters. The van der Waals surface area contributed by atoms with Crippen molar-refractivity contribution in [1.29, 1.82) is 0 Å². The van der Waals surface area contributed by atoms with Gasteiger partial charge < -0.3 is 16.8 Å². The number of hydrogen-bond donors (Lipinski definition) is 3. The van der Waals surface area contributed by atoms with Crippen LogP contribution in [0.25, 0.3) is 0 Å². The molecule has 0 aromatic rings. The Balaban J connectivity index is 0. The SMILES string of the molecule is NCCCCCCNCCCCCCN.[NaH]. The van der Waals surface area contributed by atoms with Crippen LogP contribution in [0.5, 0.6) is 0 Å². The Morgan fingerprint density at radius 1 is 0.562 bits per heavy atom. The van der Waals surface area contributed by atoms with Gasteiger partial charge in [0.25, 0.3) is 0 Å². The zero-order chi connectivity index (χ0) is 11.2. The van der Waals surface area contributed by atoms with Crippen molar-refractivity contribution < 1.29 is 0 Å². The van der Waals surface area contributed by atoms with E-state index in [1.807, 2.05) is 0 Å². The van der Waals surface area contributed by atoms with Crippen molar-refractivity contribution in [2.75, 3.05) is 26.2 Å². The molecule has 0 atom stereocenters. The molecule has 0 saturated carbocycles. The summed E-state index contributed by atoms with van der Waals surface area (Å²) in [6.45, 7) is 4.02. The molecule has 0 fully saturated rings. The fourth-order valence-electron chi connectivity index (χ4n) is 1.62. The van der Waals surface area contributed by atoms with E-state index in [9.17, 15) is 0 Å². The summed E-state index contributed by atoms with van der Waals surface area (Å²) in [5, 5.41) is 3.48. The zero-order valence-electron chi connectivity index (χ0n) is 10.1. The molecule has 94 valence electrons. The predicted octanol–water partition coefficient (Wildman–Crippen LogP) is 0.966. The van der Waals surface area contributed by atoms with E-state index in [1.165, 1.54) is 64.5 Å². The molecule has 0 aliphatic carbocycles. The molecule has 0 rings (SSSR count). The zero-order valence-corrected chi connectivity index (χ0v) is 10.1. The molecule has 0 aliphatic heterocycles. The third kappa shape index (κ3) is 17.3. The average Bonchev–Trinajstić information content (AvgIpc) is 2.26. The van der Waals surface area contributed by atoms with Crippen LogP contribution < -0.4 is 16.8 Å². The van der Waals surface area contributed by atoms with E-state index >= 15 is 0 Å². The van der Waals surface area contributed by atoms with Crippen LogP contribution in [0, 0.1) is 0 Å². The number of nitrogens with one attached hydrogen (secondary N) is 1. The first-order chi connectivity index (χ1) is 7.41. The summed E-state index contributed by atoms with van der Waals surface area (Å²) >= 11 is 0. The summed E-state index contributed by atoms with van der Waals surface area (Å²) in [7, 11) is 0. The van der Waals surface area contributed by atoms with Gasteiger partial charge in [0.15, 0.2) is 0 Å². The molecule has 16 heavy (non-hydrogen) atoms. The topological polar surface area (TPSA) is 64.1 Å². The van der Waals surface area contributed by atoms with Gasteiger partial charge in [0.1, 0.15) is 0 Å². The second-order valence-electron chi connectivity index (χ2n) is 4.16. The third-order valence-electron chi connectivity index (χ3n) is 2.62. The van der Waals surface area contributed by atoms with Crippen molar-refractivity contribution in [3.05, 3.63) is 0 Å². The molecule has 0 aliphatic rings. The Morgan fingerprint density at radius 3 is 1.31 bits per heavy atom. The van der Waals surface area contributed by atoms with E-state index in [2.05, 4.69) is 5.32 Å².